The van der Waals surface area contributed by atoms with Gasteiger partial charge in [0.15, 0.2) is 5.60 Å². The lowest BCUT2D eigenvalue weighted by atomic mass is 9.85. The van der Waals surface area contributed by atoms with Crippen molar-refractivity contribution in [1.82, 2.24) is 0 Å². The van der Waals surface area contributed by atoms with Gasteiger partial charge in [0.05, 0.1) is 6.61 Å². The van der Waals surface area contributed by atoms with Crippen molar-refractivity contribution in [1.29, 1.82) is 0 Å². The van der Waals surface area contributed by atoms with Crippen LogP contribution in [0.15, 0.2) is 63.8 Å². The number of fused-ring (bicyclic) bond motifs is 1. The molecule has 0 fully saturated rings. The highest BCUT2D eigenvalue weighted by Crippen LogP contribution is 2.29. The fourth-order valence-electron chi connectivity index (χ4n) is 3.24. The van der Waals surface area contributed by atoms with E-state index in [1.165, 1.54) is 19.1 Å². The molecule has 168 valence electrons. The molecule has 1 aromatic heterocycles. The van der Waals surface area contributed by atoms with Crippen LogP contribution < -0.4 is 10.9 Å². The number of benzene rings is 2. The average molecular weight is 439 g/mol. The monoisotopic (exact) mass is 439 g/mol. The van der Waals surface area contributed by atoms with Gasteiger partial charge < -0.3 is 19.0 Å². The Balaban J connectivity index is 1.78. The molecule has 0 aliphatic rings. The average Bonchev–Trinajstić information content (AvgIpc) is 2.77. The van der Waals surface area contributed by atoms with Crippen LogP contribution in [0.4, 0.5) is 10.5 Å². The number of aliphatic hydroxyl groups is 1. The third-order valence-electron chi connectivity index (χ3n) is 5.27. The maximum atomic E-state index is 12.7. The Morgan fingerprint density at radius 2 is 1.84 bits per heavy atom. The van der Waals surface area contributed by atoms with Crippen LogP contribution >= 0.6 is 0 Å². The van der Waals surface area contributed by atoms with E-state index in [0.29, 0.717) is 16.6 Å². The summed E-state index contributed by atoms with van der Waals surface area (Å²) in [6.07, 6.45) is -0.631. The maximum absolute atomic E-state index is 12.7. The Morgan fingerprint density at radius 3 is 2.53 bits per heavy atom. The Hall–Kier alpha value is -3.65. The lowest BCUT2D eigenvalue weighted by Crippen LogP contribution is -2.41. The van der Waals surface area contributed by atoms with E-state index in [2.05, 4.69) is 5.32 Å². The number of nitrogens with one attached hydrogen (secondary N) is 1. The van der Waals surface area contributed by atoms with Crippen LogP contribution in [0.3, 0.4) is 0 Å². The molecule has 3 rings (SSSR count). The van der Waals surface area contributed by atoms with E-state index in [1.54, 1.807) is 26.0 Å². The Morgan fingerprint density at radius 1 is 1.12 bits per heavy atom. The smallest absolute Gasteiger partial charge is 0.411 e. The molecule has 2 atom stereocenters. The fraction of sp³-hybridized carbons (Fsp3) is 0.292. The summed E-state index contributed by atoms with van der Waals surface area (Å²) < 4.78 is 15.4. The molecule has 1 heterocycles. The number of amides is 1. The van der Waals surface area contributed by atoms with Gasteiger partial charge in [-0.25, -0.2) is 14.4 Å². The van der Waals surface area contributed by atoms with Crippen molar-refractivity contribution in [2.45, 2.75) is 38.9 Å². The Kier molecular flexibility index (Phi) is 6.95. The fourth-order valence-corrected chi connectivity index (χ4v) is 3.24. The quantitative estimate of drug-likeness (QED) is 0.423. The summed E-state index contributed by atoms with van der Waals surface area (Å²) in [7, 11) is 0. The van der Waals surface area contributed by atoms with Crippen molar-refractivity contribution in [3.8, 4) is 0 Å². The normalized spacial score (nSPS) is 13.8. The lowest BCUT2D eigenvalue weighted by Gasteiger charge is -2.28. The standard InChI is InChI=1S/C24H25NO7/c1-4-30-23(28)25-18-10-11-19-17(12-21(26)32-20(19)13-18)14-31-22(27)24(3,29)15(2)16-8-6-5-7-9-16/h5-13,15,29H,4,14H2,1-3H3,(H,25,28)/t15-,24+/m0/s1. The molecule has 1 amide bonds. The number of esters is 1. The van der Waals surface area contributed by atoms with E-state index in [1.807, 2.05) is 30.3 Å². The predicted molar refractivity (Wildman–Crippen MR) is 118 cm³/mol. The van der Waals surface area contributed by atoms with Gasteiger partial charge in [-0.1, -0.05) is 37.3 Å². The van der Waals surface area contributed by atoms with Crippen LogP contribution in [0, 0.1) is 0 Å². The van der Waals surface area contributed by atoms with Crippen LogP contribution in [0.25, 0.3) is 11.0 Å². The minimum atomic E-state index is -1.77. The van der Waals surface area contributed by atoms with Gasteiger partial charge >= 0.3 is 17.7 Å². The van der Waals surface area contributed by atoms with E-state index < -0.39 is 29.2 Å². The first-order chi connectivity index (χ1) is 15.2. The van der Waals surface area contributed by atoms with Gasteiger partial charge in [-0.2, -0.15) is 0 Å². The van der Waals surface area contributed by atoms with Gasteiger partial charge in [-0.3, -0.25) is 5.32 Å². The molecular formula is C24H25NO7. The minimum Gasteiger partial charge on any atom is -0.459 e. The van der Waals surface area contributed by atoms with Gasteiger partial charge in [0.25, 0.3) is 0 Å². The van der Waals surface area contributed by atoms with Crippen molar-refractivity contribution in [2.75, 3.05) is 11.9 Å². The number of ether oxygens (including phenoxy) is 2. The van der Waals surface area contributed by atoms with Crippen LogP contribution in [0.2, 0.25) is 0 Å². The number of hydrogen-bond donors (Lipinski definition) is 2. The topological polar surface area (TPSA) is 115 Å². The Bertz CT molecular complexity index is 1170. The van der Waals surface area contributed by atoms with Gasteiger partial charge in [0.1, 0.15) is 12.2 Å². The zero-order chi connectivity index (χ0) is 23.3. The molecule has 8 heteroatoms. The molecule has 2 N–H and O–H groups in total. The third-order valence-corrected chi connectivity index (χ3v) is 5.27. The number of rotatable bonds is 7. The molecule has 0 aliphatic heterocycles. The summed E-state index contributed by atoms with van der Waals surface area (Å²) in [5, 5.41) is 13.9. The summed E-state index contributed by atoms with van der Waals surface area (Å²) in [6.45, 7) is 4.81. The van der Waals surface area contributed by atoms with E-state index in [9.17, 15) is 19.5 Å². The second-order valence-electron chi connectivity index (χ2n) is 7.50. The summed E-state index contributed by atoms with van der Waals surface area (Å²) in [6, 6.07) is 15.1. The Labute approximate surface area is 184 Å². The van der Waals surface area contributed by atoms with Crippen LogP contribution in [-0.2, 0) is 20.9 Å². The van der Waals surface area contributed by atoms with Crippen LogP contribution in [0.1, 0.15) is 37.8 Å². The SMILES string of the molecule is CCOC(=O)Nc1ccc2c(COC(=O)[C@](C)(O)[C@@H](C)c3ccccc3)cc(=O)oc2c1. The molecule has 32 heavy (non-hydrogen) atoms. The highest BCUT2D eigenvalue weighted by Gasteiger charge is 2.39. The number of anilines is 1. The van der Waals surface area contributed by atoms with Crippen LogP contribution in [-0.4, -0.2) is 29.4 Å². The van der Waals surface area contributed by atoms with Gasteiger partial charge in [0.2, 0.25) is 0 Å². The highest BCUT2D eigenvalue weighted by molar-refractivity contribution is 5.90. The summed E-state index contributed by atoms with van der Waals surface area (Å²) in [4.78, 5) is 36.3. The van der Waals surface area contributed by atoms with E-state index >= 15 is 0 Å². The van der Waals surface area contributed by atoms with E-state index in [4.69, 9.17) is 13.9 Å². The van der Waals surface area contributed by atoms with Gasteiger partial charge in [-0.15, -0.1) is 0 Å². The molecular weight excluding hydrogens is 414 g/mol. The van der Waals surface area contributed by atoms with Crippen molar-refractivity contribution in [3.05, 3.63) is 76.1 Å². The summed E-state index contributed by atoms with van der Waals surface area (Å²) >= 11 is 0. The zero-order valence-corrected chi connectivity index (χ0v) is 18.1. The zero-order valence-electron chi connectivity index (χ0n) is 18.1. The first-order valence-corrected chi connectivity index (χ1v) is 10.2. The molecule has 0 radical (unpaired) electrons. The molecule has 0 unspecified atom stereocenters. The van der Waals surface area contributed by atoms with E-state index in [0.717, 1.165) is 5.56 Å². The van der Waals surface area contributed by atoms with Crippen LogP contribution in [0.5, 0.6) is 0 Å². The molecule has 0 spiro atoms. The van der Waals surface area contributed by atoms with E-state index in [-0.39, 0.29) is 18.8 Å². The molecule has 0 aliphatic carbocycles. The summed E-state index contributed by atoms with van der Waals surface area (Å²) in [5.74, 6) is -1.32. The minimum absolute atomic E-state index is 0.210. The molecule has 0 bridgehead atoms. The van der Waals surface area contributed by atoms with Crippen molar-refractivity contribution in [3.63, 3.8) is 0 Å². The third kappa shape index (κ3) is 5.15. The second kappa shape index (κ2) is 9.65. The molecule has 3 aromatic rings. The van der Waals surface area contributed by atoms with Crippen molar-refractivity contribution < 1.29 is 28.6 Å². The maximum Gasteiger partial charge on any atom is 0.411 e. The molecule has 2 aromatic carbocycles. The summed E-state index contributed by atoms with van der Waals surface area (Å²) in [5.41, 5.74) is -0.610. The van der Waals surface area contributed by atoms with Gasteiger partial charge in [-0.05, 0) is 31.5 Å². The molecule has 0 saturated carbocycles. The van der Waals surface area contributed by atoms with Crippen molar-refractivity contribution in [2.24, 2.45) is 0 Å². The number of carbonyl (C=O) groups excluding carboxylic acids is 2. The lowest BCUT2D eigenvalue weighted by molar-refractivity contribution is -0.167. The second-order valence-corrected chi connectivity index (χ2v) is 7.50. The molecule has 0 saturated heterocycles. The first-order valence-electron chi connectivity index (χ1n) is 10.2. The highest BCUT2D eigenvalue weighted by atomic mass is 16.6. The number of hydrogen-bond acceptors (Lipinski definition) is 7. The van der Waals surface area contributed by atoms with Crippen molar-refractivity contribution >= 4 is 28.7 Å². The number of carbonyl (C=O) groups is 2. The largest absolute Gasteiger partial charge is 0.459 e. The predicted octanol–water partition coefficient (Wildman–Crippen LogP) is 3.96. The first kappa shape index (κ1) is 23.0. The molecule has 8 nitrogen and oxygen atoms in total. The van der Waals surface area contributed by atoms with Gasteiger partial charge in [0, 0.05) is 34.7 Å².